The summed E-state index contributed by atoms with van der Waals surface area (Å²) in [7, 11) is 0. The van der Waals surface area contributed by atoms with Crippen LogP contribution in [0.3, 0.4) is 0 Å². The number of aryl methyl sites for hydroxylation is 2. The summed E-state index contributed by atoms with van der Waals surface area (Å²) >= 11 is 0. The highest BCUT2D eigenvalue weighted by atomic mass is 16.2. The Morgan fingerprint density at radius 3 is 2.62 bits per heavy atom. The number of hydrogen-bond acceptors (Lipinski definition) is 6. The summed E-state index contributed by atoms with van der Waals surface area (Å²) in [6.45, 7) is 7.91. The highest BCUT2D eigenvalue weighted by Crippen LogP contribution is 2.30. The second-order valence-corrected chi connectivity index (χ2v) is 8.98. The molecule has 1 fully saturated rings. The van der Waals surface area contributed by atoms with Crippen LogP contribution < -0.4 is 5.32 Å². The molecule has 0 unspecified atom stereocenters. The molecule has 0 atom stereocenters. The van der Waals surface area contributed by atoms with E-state index in [9.17, 15) is 4.79 Å². The van der Waals surface area contributed by atoms with Crippen molar-refractivity contribution >= 4 is 17.4 Å². The van der Waals surface area contributed by atoms with Crippen molar-refractivity contribution in [2.75, 3.05) is 18.4 Å². The van der Waals surface area contributed by atoms with Gasteiger partial charge in [-0.25, -0.2) is 9.97 Å². The minimum atomic E-state index is 0.154. The molecule has 5 rings (SSSR count). The number of hydrogen-bond donors (Lipinski definition) is 1. The Labute approximate surface area is 199 Å². The molecule has 8 nitrogen and oxygen atoms in total. The van der Waals surface area contributed by atoms with Gasteiger partial charge in [0, 0.05) is 80.4 Å². The van der Waals surface area contributed by atoms with Crippen LogP contribution in [-0.2, 0) is 11.3 Å². The monoisotopic (exact) mass is 455 g/mol. The number of likely N-dealkylation sites (tertiary alicyclic amines) is 1. The van der Waals surface area contributed by atoms with E-state index in [1.165, 1.54) is 5.69 Å². The molecule has 4 aromatic heterocycles. The predicted molar refractivity (Wildman–Crippen MR) is 131 cm³/mol. The van der Waals surface area contributed by atoms with E-state index in [0.717, 1.165) is 65.5 Å². The van der Waals surface area contributed by atoms with Crippen molar-refractivity contribution in [3.05, 3.63) is 71.7 Å². The molecule has 0 radical (unpaired) electrons. The molecule has 8 heteroatoms. The van der Waals surface area contributed by atoms with Crippen LogP contribution in [0.4, 0.5) is 5.82 Å². The topological polar surface area (TPSA) is 88.3 Å². The molecule has 0 aliphatic carbocycles. The van der Waals surface area contributed by atoms with Gasteiger partial charge in [0.15, 0.2) is 11.5 Å². The van der Waals surface area contributed by atoms with Crippen molar-refractivity contribution in [3.63, 3.8) is 0 Å². The predicted octanol–water partition coefficient (Wildman–Crippen LogP) is 4.14. The van der Waals surface area contributed by atoms with Crippen LogP contribution in [0.25, 0.3) is 16.9 Å². The Hall–Kier alpha value is -3.81. The van der Waals surface area contributed by atoms with Gasteiger partial charge in [-0.1, -0.05) is 6.07 Å². The van der Waals surface area contributed by atoms with Crippen molar-refractivity contribution < 1.29 is 4.79 Å². The van der Waals surface area contributed by atoms with Crippen molar-refractivity contribution in [1.29, 1.82) is 0 Å². The molecule has 0 spiro atoms. The molecule has 5 heterocycles. The van der Waals surface area contributed by atoms with Gasteiger partial charge in [-0.15, -0.1) is 0 Å². The molecule has 4 aromatic rings. The first-order chi connectivity index (χ1) is 16.5. The van der Waals surface area contributed by atoms with E-state index >= 15 is 0 Å². The number of carbonyl (C=O) groups is 1. The maximum atomic E-state index is 11.6. The molecule has 1 saturated heterocycles. The Kier molecular flexibility index (Phi) is 5.96. The Morgan fingerprint density at radius 1 is 1.06 bits per heavy atom. The van der Waals surface area contributed by atoms with Crippen molar-refractivity contribution in [1.82, 2.24) is 29.2 Å². The molecule has 1 aliphatic rings. The van der Waals surface area contributed by atoms with Gasteiger partial charge in [0.25, 0.3) is 0 Å². The lowest BCUT2D eigenvalue weighted by Crippen LogP contribution is -2.36. The van der Waals surface area contributed by atoms with E-state index in [1.807, 2.05) is 48.9 Å². The molecule has 1 N–H and O–H groups in total. The second-order valence-electron chi connectivity index (χ2n) is 8.98. The van der Waals surface area contributed by atoms with Gasteiger partial charge >= 0.3 is 0 Å². The maximum Gasteiger partial charge on any atom is 0.219 e. The van der Waals surface area contributed by atoms with Crippen LogP contribution in [0.5, 0.6) is 0 Å². The van der Waals surface area contributed by atoms with Gasteiger partial charge in [0.05, 0.1) is 5.69 Å². The van der Waals surface area contributed by atoms with Crippen LogP contribution in [0.2, 0.25) is 0 Å². The summed E-state index contributed by atoms with van der Waals surface area (Å²) in [6, 6.07) is 6.20. The fourth-order valence-corrected chi connectivity index (χ4v) is 4.77. The lowest BCUT2D eigenvalue weighted by Gasteiger charge is -2.31. The van der Waals surface area contributed by atoms with Crippen LogP contribution in [0.15, 0.2) is 49.2 Å². The first-order valence-electron chi connectivity index (χ1n) is 11.7. The number of nitrogens with zero attached hydrogens (tertiary/aromatic N) is 6. The van der Waals surface area contributed by atoms with Gasteiger partial charge in [-0.05, 0) is 49.9 Å². The van der Waals surface area contributed by atoms with Gasteiger partial charge in [-0.2, -0.15) is 0 Å². The maximum absolute atomic E-state index is 11.6. The number of piperidine rings is 1. The fourth-order valence-electron chi connectivity index (χ4n) is 4.77. The largest absolute Gasteiger partial charge is 0.363 e. The number of amides is 1. The number of pyridine rings is 2. The molecule has 0 saturated carbocycles. The molecule has 1 aliphatic heterocycles. The zero-order valence-electron chi connectivity index (χ0n) is 19.8. The average molecular weight is 456 g/mol. The number of anilines is 1. The van der Waals surface area contributed by atoms with Crippen LogP contribution in [-0.4, -0.2) is 48.2 Å². The minimum Gasteiger partial charge on any atom is -0.363 e. The Balaban J connectivity index is 1.31. The third-order valence-corrected chi connectivity index (χ3v) is 6.58. The SMILES string of the molecule is CC(=O)N1CCC(c2cnc3c(NCc4cnc(-c5ccnc(C)c5)c(C)c4)nccn23)CC1. The third-order valence-electron chi connectivity index (χ3n) is 6.58. The smallest absolute Gasteiger partial charge is 0.219 e. The normalized spacial score (nSPS) is 14.5. The quantitative estimate of drug-likeness (QED) is 0.487. The molecular formula is C26H29N7O. The van der Waals surface area contributed by atoms with E-state index < -0.39 is 0 Å². The highest BCUT2D eigenvalue weighted by molar-refractivity contribution is 5.73. The van der Waals surface area contributed by atoms with Gasteiger partial charge < -0.3 is 10.2 Å². The molecule has 1 amide bonds. The van der Waals surface area contributed by atoms with Crippen LogP contribution in [0.1, 0.15) is 48.2 Å². The standard InChI is InChI=1S/C26H29N7O/c1-17-12-20(14-29-24(17)22-4-7-27-18(2)13-22)15-30-25-26-31-16-23(33(26)11-8-28-25)21-5-9-32(10-6-21)19(3)34/h4,7-8,11-14,16,21H,5-6,9-10,15H2,1-3H3,(H,28,30). The Morgan fingerprint density at radius 2 is 1.88 bits per heavy atom. The number of aromatic nitrogens is 5. The van der Waals surface area contributed by atoms with Gasteiger partial charge in [0.2, 0.25) is 5.91 Å². The van der Waals surface area contributed by atoms with Crippen molar-refractivity contribution in [3.8, 4) is 11.3 Å². The van der Waals surface area contributed by atoms with Crippen LogP contribution in [0, 0.1) is 13.8 Å². The molecular weight excluding hydrogens is 426 g/mol. The molecule has 174 valence electrons. The molecule has 0 aromatic carbocycles. The van der Waals surface area contributed by atoms with Crippen molar-refractivity contribution in [2.45, 2.75) is 46.1 Å². The second kappa shape index (κ2) is 9.21. The number of rotatable bonds is 5. The number of nitrogens with one attached hydrogen (secondary N) is 1. The number of carbonyl (C=O) groups excluding carboxylic acids is 1. The van der Waals surface area contributed by atoms with E-state index in [-0.39, 0.29) is 5.91 Å². The van der Waals surface area contributed by atoms with E-state index in [2.05, 4.69) is 43.7 Å². The van der Waals surface area contributed by atoms with E-state index in [1.54, 1.807) is 6.92 Å². The van der Waals surface area contributed by atoms with Gasteiger partial charge in [-0.3, -0.25) is 19.2 Å². The zero-order valence-corrected chi connectivity index (χ0v) is 19.8. The lowest BCUT2D eigenvalue weighted by molar-refractivity contribution is -0.129. The third kappa shape index (κ3) is 4.35. The first kappa shape index (κ1) is 22.0. The highest BCUT2D eigenvalue weighted by Gasteiger charge is 2.24. The lowest BCUT2D eigenvalue weighted by atomic mass is 9.94. The molecule has 0 bridgehead atoms. The summed E-state index contributed by atoms with van der Waals surface area (Å²) in [4.78, 5) is 31.8. The van der Waals surface area contributed by atoms with E-state index in [4.69, 9.17) is 4.98 Å². The summed E-state index contributed by atoms with van der Waals surface area (Å²) in [6.07, 6.45) is 11.4. The summed E-state index contributed by atoms with van der Waals surface area (Å²) in [5.41, 5.74) is 7.23. The fraction of sp³-hybridized carbons (Fsp3) is 0.346. The summed E-state index contributed by atoms with van der Waals surface area (Å²) < 4.78 is 2.13. The number of imidazole rings is 1. The summed E-state index contributed by atoms with van der Waals surface area (Å²) in [5.74, 6) is 1.29. The van der Waals surface area contributed by atoms with Crippen LogP contribution >= 0.6 is 0 Å². The minimum absolute atomic E-state index is 0.154. The van der Waals surface area contributed by atoms with Gasteiger partial charge in [0.1, 0.15) is 0 Å². The molecule has 34 heavy (non-hydrogen) atoms. The Bertz CT molecular complexity index is 1340. The zero-order chi connectivity index (χ0) is 23.7. The average Bonchev–Trinajstić information content (AvgIpc) is 3.27. The summed E-state index contributed by atoms with van der Waals surface area (Å²) in [5, 5.41) is 3.44. The number of fused-ring (bicyclic) bond motifs is 1. The first-order valence-corrected chi connectivity index (χ1v) is 11.7. The van der Waals surface area contributed by atoms with E-state index in [0.29, 0.717) is 12.5 Å². The van der Waals surface area contributed by atoms with Crippen molar-refractivity contribution in [2.24, 2.45) is 0 Å².